The van der Waals surface area contributed by atoms with Gasteiger partial charge in [0.15, 0.2) is 0 Å². The molecule has 1 atom stereocenters. The third kappa shape index (κ3) is 4.85. The monoisotopic (exact) mass is 346 g/mol. The summed E-state index contributed by atoms with van der Waals surface area (Å²) in [5.41, 5.74) is 1.29. The minimum absolute atomic E-state index is 0. The van der Waals surface area contributed by atoms with Gasteiger partial charge in [-0.05, 0) is 36.5 Å². The lowest BCUT2D eigenvalue weighted by molar-refractivity contribution is -0.131. The van der Waals surface area contributed by atoms with E-state index in [1.807, 2.05) is 18.2 Å². The van der Waals surface area contributed by atoms with Gasteiger partial charge in [0.05, 0.1) is 0 Å². The minimum atomic E-state index is -0.257. The van der Waals surface area contributed by atoms with Crippen molar-refractivity contribution in [2.24, 2.45) is 5.92 Å². The topological polar surface area (TPSA) is 41.6 Å². The van der Waals surface area contributed by atoms with Crippen LogP contribution in [0.1, 0.15) is 31.4 Å². The number of hydrogen-bond donors (Lipinski definition) is 1. The van der Waals surface area contributed by atoms with Crippen molar-refractivity contribution in [1.82, 2.24) is 10.2 Å². The van der Waals surface area contributed by atoms with Crippen molar-refractivity contribution in [1.29, 1.82) is 0 Å². The van der Waals surface area contributed by atoms with Gasteiger partial charge < -0.3 is 10.1 Å². The lowest BCUT2D eigenvalue weighted by Crippen LogP contribution is -2.45. The molecule has 1 saturated carbocycles. The molecule has 0 unspecified atom stereocenters. The number of nitrogens with one attached hydrogen (secondary N) is 1. The summed E-state index contributed by atoms with van der Waals surface area (Å²) in [5.74, 6) is 1.17. The fourth-order valence-corrected chi connectivity index (χ4v) is 3.08. The summed E-state index contributed by atoms with van der Waals surface area (Å²) < 4.78 is 5.22. The summed E-state index contributed by atoms with van der Waals surface area (Å²) in [6, 6.07) is 8.52. The number of hydrogen-bond acceptors (Lipinski definition) is 4. The van der Waals surface area contributed by atoms with E-state index in [9.17, 15) is 4.79 Å². The van der Waals surface area contributed by atoms with Gasteiger partial charge in [-0.25, -0.2) is 0 Å². The molecule has 6 heteroatoms. The Kier molecular flexibility index (Phi) is 7.63. The Morgan fingerprint density at radius 1 is 1.27 bits per heavy atom. The van der Waals surface area contributed by atoms with Crippen LogP contribution in [0.2, 0.25) is 0 Å². The van der Waals surface area contributed by atoms with Crippen molar-refractivity contribution in [2.45, 2.75) is 25.8 Å². The molecule has 4 nitrogen and oxygen atoms in total. The third-order valence-electron chi connectivity index (χ3n) is 4.07. The molecule has 2 aliphatic rings. The van der Waals surface area contributed by atoms with E-state index in [0.717, 1.165) is 32.1 Å². The third-order valence-corrected chi connectivity index (χ3v) is 4.07. The highest BCUT2D eigenvalue weighted by atomic mass is 35.5. The van der Waals surface area contributed by atoms with E-state index in [4.69, 9.17) is 4.74 Å². The molecule has 1 aromatic rings. The second-order valence-corrected chi connectivity index (χ2v) is 5.73. The van der Waals surface area contributed by atoms with Crippen LogP contribution in [0.25, 0.3) is 0 Å². The first kappa shape index (κ1) is 19.2. The quantitative estimate of drug-likeness (QED) is 0.672. The van der Waals surface area contributed by atoms with Gasteiger partial charge in [0.25, 0.3) is 0 Å². The highest BCUT2D eigenvalue weighted by Crippen LogP contribution is 2.45. The van der Waals surface area contributed by atoms with Crippen LogP contribution < -0.4 is 10.1 Å². The first-order chi connectivity index (χ1) is 9.74. The molecule has 3 rings (SSSR count). The zero-order chi connectivity index (χ0) is 13.9. The van der Waals surface area contributed by atoms with E-state index in [-0.39, 0.29) is 30.8 Å². The van der Waals surface area contributed by atoms with Crippen LogP contribution in [0.4, 0.5) is 0 Å². The van der Waals surface area contributed by atoms with Gasteiger partial charge in [0.2, 0.25) is 0 Å². The lowest BCUT2D eigenvalue weighted by Gasteiger charge is -2.35. The number of carbonyl (C=O) groups excluding carboxylic acids is 1. The van der Waals surface area contributed by atoms with E-state index >= 15 is 0 Å². The molecule has 0 bridgehead atoms. The molecular weight excluding hydrogens is 323 g/mol. The summed E-state index contributed by atoms with van der Waals surface area (Å²) in [7, 11) is 0. The maximum Gasteiger partial charge on any atom is 0.308 e. The van der Waals surface area contributed by atoms with E-state index in [1.165, 1.54) is 25.3 Å². The Morgan fingerprint density at radius 3 is 2.55 bits per heavy atom. The predicted octanol–water partition coefficient (Wildman–Crippen LogP) is 2.81. The van der Waals surface area contributed by atoms with Crippen molar-refractivity contribution < 1.29 is 9.53 Å². The SMILES string of the molecule is CC(=O)Oc1cccc([C@H](C2CC2)N2CCNCC2)c1.Cl.Cl. The van der Waals surface area contributed by atoms with Crippen LogP contribution in [0, 0.1) is 5.92 Å². The molecule has 0 amide bonds. The Labute approximate surface area is 144 Å². The number of benzene rings is 1. The van der Waals surface area contributed by atoms with Crippen molar-refractivity contribution >= 4 is 30.8 Å². The number of esters is 1. The van der Waals surface area contributed by atoms with Crippen LogP contribution >= 0.6 is 24.8 Å². The Balaban J connectivity index is 0.00000121. The Hall–Kier alpha value is -0.810. The molecule has 1 aliphatic carbocycles. The molecule has 1 heterocycles. The fraction of sp³-hybridized carbons (Fsp3) is 0.562. The molecule has 1 N–H and O–H groups in total. The first-order valence-electron chi connectivity index (χ1n) is 7.47. The predicted molar refractivity (Wildman–Crippen MR) is 92.2 cm³/mol. The molecular formula is C16H24Cl2N2O2. The van der Waals surface area contributed by atoms with Crippen molar-refractivity contribution in [3.8, 4) is 5.75 Å². The zero-order valence-corrected chi connectivity index (χ0v) is 14.4. The van der Waals surface area contributed by atoms with Gasteiger partial charge in [-0.2, -0.15) is 0 Å². The molecule has 1 aliphatic heterocycles. The second-order valence-electron chi connectivity index (χ2n) is 5.73. The van der Waals surface area contributed by atoms with Crippen LogP contribution in [0.15, 0.2) is 24.3 Å². The average Bonchev–Trinajstić information content (AvgIpc) is 3.25. The van der Waals surface area contributed by atoms with Gasteiger partial charge in [0.1, 0.15) is 5.75 Å². The molecule has 2 fully saturated rings. The van der Waals surface area contributed by atoms with Crippen LogP contribution in [-0.4, -0.2) is 37.0 Å². The van der Waals surface area contributed by atoms with Gasteiger partial charge >= 0.3 is 5.97 Å². The average molecular weight is 347 g/mol. The summed E-state index contributed by atoms with van der Waals surface area (Å²) in [4.78, 5) is 13.7. The fourth-order valence-electron chi connectivity index (χ4n) is 3.08. The first-order valence-corrected chi connectivity index (χ1v) is 7.47. The maximum atomic E-state index is 11.1. The number of ether oxygens (including phenoxy) is 1. The van der Waals surface area contributed by atoms with E-state index in [2.05, 4.69) is 16.3 Å². The van der Waals surface area contributed by atoms with E-state index in [1.54, 1.807) is 0 Å². The number of nitrogens with zero attached hydrogens (tertiary/aromatic N) is 1. The number of halogens is 2. The number of piperazine rings is 1. The second kappa shape index (κ2) is 8.73. The summed E-state index contributed by atoms with van der Waals surface area (Å²) in [5, 5.41) is 3.41. The largest absolute Gasteiger partial charge is 0.427 e. The van der Waals surface area contributed by atoms with Crippen molar-refractivity contribution in [3.05, 3.63) is 29.8 Å². The van der Waals surface area contributed by atoms with Gasteiger partial charge in [-0.1, -0.05) is 12.1 Å². The summed E-state index contributed by atoms with van der Waals surface area (Å²) >= 11 is 0. The minimum Gasteiger partial charge on any atom is -0.427 e. The summed E-state index contributed by atoms with van der Waals surface area (Å²) in [6.45, 7) is 5.76. The van der Waals surface area contributed by atoms with Crippen LogP contribution in [0.3, 0.4) is 0 Å². The molecule has 22 heavy (non-hydrogen) atoms. The number of carbonyl (C=O) groups is 1. The van der Waals surface area contributed by atoms with Crippen molar-refractivity contribution in [3.63, 3.8) is 0 Å². The van der Waals surface area contributed by atoms with E-state index in [0.29, 0.717) is 11.8 Å². The van der Waals surface area contributed by atoms with Crippen LogP contribution in [-0.2, 0) is 4.79 Å². The molecule has 1 aromatic carbocycles. The molecule has 124 valence electrons. The Bertz CT molecular complexity index is 489. The molecule has 1 saturated heterocycles. The Morgan fingerprint density at radius 2 is 1.95 bits per heavy atom. The van der Waals surface area contributed by atoms with Gasteiger partial charge in [-0.3, -0.25) is 9.69 Å². The molecule has 0 spiro atoms. The highest BCUT2D eigenvalue weighted by Gasteiger charge is 2.36. The molecule has 0 aromatic heterocycles. The maximum absolute atomic E-state index is 11.1. The highest BCUT2D eigenvalue weighted by molar-refractivity contribution is 5.85. The standard InChI is InChI=1S/C16H22N2O2.2ClH/c1-12(19)20-15-4-2-3-14(11-15)16(13-5-6-13)18-9-7-17-8-10-18;;/h2-4,11,13,16-17H,5-10H2,1H3;2*1H/t16-;;/m0../s1. The van der Waals surface area contributed by atoms with Gasteiger partial charge in [-0.15, -0.1) is 24.8 Å². The summed E-state index contributed by atoms with van der Waals surface area (Å²) in [6.07, 6.45) is 2.62. The lowest BCUT2D eigenvalue weighted by atomic mass is 9.99. The zero-order valence-electron chi connectivity index (χ0n) is 12.8. The van der Waals surface area contributed by atoms with Crippen molar-refractivity contribution in [2.75, 3.05) is 26.2 Å². The molecule has 0 radical (unpaired) electrons. The van der Waals surface area contributed by atoms with Crippen LogP contribution in [0.5, 0.6) is 5.75 Å². The smallest absolute Gasteiger partial charge is 0.308 e. The van der Waals surface area contributed by atoms with Gasteiger partial charge in [0, 0.05) is 39.1 Å². The number of rotatable bonds is 4. The van der Waals surface area contributed by atoms with E-state index < -0.39 is 0 Å². The normalized spacial score (nSPS) is 19.5.